The lowest BCUT2D eigenvalue weighted by Crippen LogP contribution is -2.42. The predicted molar refractivity (Wildman–Crippen MR) is 105 cm³/mol. The van der Waals surface area contributed by atoms with Crippen LogP contribution in [-0.2, 0) is 0 Å². The molecule has 1 aromatic heterocycles. The second-order valence-corrected chi connectivity index (χ2v) is 6.65. The third-order valence-electron chi connectivity index (χ3n) is 4.02. The SMILES string of the molecule is CCN1CCCC1CNC(N)=NCC(C)c1nc(C)cs1.I. The molecule has 2 rings (SSSR count). The number of rotatable bonds is 6. The topological polar surface area (TPSA) is 66.5 Å². The van der Waals surface area contributed by atoms with E-state index >= 15 is 0 Å². The quantitative estimate of drug-likeness (QED) is 0.408. The van der Waals surface area contributed by atoms with Crippen LogP contribution >= 0.6 is 35.3 Å². The zero-order chi connectivity index (χ0) is 15.2. The Bertz CT molecular complexity index is 476. The Balaban J connectivity index is 0.00000242. The number of hydrogen-bond acceptors (Lipinski definition) is 4. The van der Waals surface area contributed by atoms with Crippen LogP contribution in [0.2, 0.25) is 0 Å². The van der Waals surface area contributed by atoms with E-state index < -0.39 is 0 Å². The van der Waals surface area contributed by atoms with Crippen LogP contribution in [0.25, 0.3) is 0 Å². The van der Waals surface area contributed by atoms with Gasteiger partial charge in [0.15, 0.2) is 5.96 Å². The molecule has 0 aromatic carbocycles. The number of nitrogens with zero attached hydrogens (tertiary/aromatic N) is 3. The highest BCUT2D eigenvalue weighted by Gasteiger charge is 2.22. The average molecular weight is 437 g/mol. The second kappa shape index (κ2) is 9.67. The van der Waals surface area contributed by atoms with Gasteiger partial charge in [0.1, 0.15) is 0 Å². The Morgan fingerprint density at radius 2 is 2.41 bits per heavy atom. The molecule has 1 fully saturated rings. The third kappa shape index (κ3) is 5.66. The summed E-state index contributed by atoms with van der Waals surface area (Å²) in [6.07, 6.45) is 2.54. The van der Waals surface area contributed by atoms with Crippen LogP contribution in [-0.4, -0.2) is 48.1 Å². The first-order valence-electron chi connectivity index (χ1n) is 7.80. The fraction of sp³-hybridized carbons (Fsp3) is 0.733. The van der Waals surface area contributed by atoms with Crippen molar-refractivity contribution in [1.29, 1.82) is 0 Å². The minimum absolute atomic E-state index is 0. The zero-order valence-electron chi connectivity index (χ0n) is 13.7. The van der Waals surface area contributed by atoms with Crippen LogP contribution in [0.4, 0.5) is 0 Å². The summed E-state index contributed by atoms with van der Waals surface area (Å²) in [7, 11) is 0. The molecular formula is C15H28IN5S. The van der Waals surface area contributed by atoms with Crippen molar-refractivity contribution in [1.82, 2.24) is 15.2 Å². The molecular weight excluding hydrogens is 409 g/mol. The van der Waals surface area contributed by atoms with Crippen molar-refractivity contribution in [2.24, 2.45) is 10.7 Å². The van der Waals surface area contributed by atoms with Crippen LogP contribution in [0, 0.1) is 6.92 Å². The number of aryl methyl sites for hydroxylation is 1. The van der Waals surface area contributed by atoms with Gasteiger partial charge in [-0.3, -0.25) is 9.89 Å². The summed E-state index contributed by atoms with van der Waals surface area (Å²) in [4.78, 5) is 11.5. The minimum atomic E-state index is 0. The van der Waals surface area contributed by atoms with Crippen molar-refractivity contribution in [3.05, 3.63) is 16.1 Å². The Hall–Kier alpha value is -0.410. The first kappa shape index (κ1) is 19.6. The van der Waals surface area contributed by atoms with Gasteiger partial charge in [-0.05, 0) is 32.9 Å². The van der Waals surface area contributed by atoms with E-state index in [-0.39, 0.29) is 24.0 Å². The van der Waals surface area contributed by atoms with Gasteiger partial charge in [0.2, 0.25) is 0 Å². The van der Waals surface area contributed by atoms with Crippen molar-refractivity contribution >= 4 is 41.3 Å². The Labute approximate surface area is 154 Å². The van der Waals surface area contributed by atoms with Gasteiger partial charge in [0.25, 0.3) is 0 Å². The van der Waals surface area contributed by atoms with Gasteiger partial charge in [-0.2, -0.15) is 0 Å². The molecule has 0 saturated carbocycles. The number of likely N-dealkylation sites (tertiary alicyclic amines) is 1. The lowest BCUT2D eigenvalue weighted by Gasteiger charge is -2.23. The molecule has 2 unspecified atom stereocenters. The highest BCUT2D eigenvalue weighted by atomic mass is 127. The normalized spacial score (nSPS) is 20.7. The van der Waals surface area contributed by atoms with Gasteiger partial charge >= 0.3 is 0 Å². The van der Waals surface area contributed by atoms with Gasteiger partial charge in [0, 0.05) is 29.6 Å². The summed E-state index contributed by atoms with van der Waals surface area (Å²) in [5.41, 5.74) is 7.05. The largest absolute Gasteiger partial charge is 0.370 e. The molecule has 1 aliphatic rings. The number of aliphatic imine (C=N–C) groups is 1. The fourth-order valence-corrected chi connectivity index (χ4v) is 3.58. The van der Waals surface area contributed by atoms with E-state index in [1.807, 2.05) is 6.92 Å². The highest BCUT2D eigenvalue weighted by molar-refractivity contribution is 14.0. The molecule has 1 aromatic rings. The number of hydrogen-bond donors (Lipinski definition) is 2. The van der Waals surface area contributed by atoms with Crippen molar-refractivity contribution in [3.63, 3.8) is 0 Å². The van der Waals surface area contributed by atoms with Gasteiger partial charge in [0.05, 0.1) is 11.6 Å². The molecule has 0 amide bonds. The predicted octanol–water partition coefficient (Wildman–Crippen LogP) is 2.56. The molecule has 5 nitrogen and oxygen atoms in total. The maximum Gasteiger partial charge on any atom is 0.188 e. The first-order chi connectivity index (χ1) is 10.1. The van der Waals surface area contributed by atoms with E-state index in [1.54, 1.807) is 11.3 Å². The van der Waals surface area contributed by atoms with E-state index in [0.717, 1.165) is 23.8 Å². The number of likely N-dealkylation sites (N-methyl/N-ethyl adjacent to an activating group) is 1. The lowest BCUT2D eigenvalue weighted by atomic mass is 10.2. The summed E-state index contributed by atoms with van der Waals surface area (Å²) < 4.78 is 0. The molecule has 126 valence electrons. The van der Waals surface area contributed by atoms with Gasteiger partial charge < -0.3 is 11.1 Å². The molecule has 22 heavy (non-hydrogen) atoms. The first-order valence-corrected chi connectivity index (χ1v) is 8.68. The molecule has 1 aliphatic heterocycles. The number of nitrogens with two attached hydrogens (primary N) is 1. The van der Waals surface area contributed by atoms with Gasteiger partial charge in [-0.25, -0.2) is 4.98 Å². The fourth-order valence-electron chi connectivity index (χ4n) is 2.73. The molecule has 3 N–H and O–H groups in total. The smallest absolute Gasteiger partial charge is 0.188 e. The summed E-state index contributed by atoms with van der Waals surface area (Å²) in [6, 6.07) is 0.600. The molecule has 0 radical (unpaired) electrons. The second-order valence-electron chi connectivity index (χ2n) is 5.76. The number of aromatic nitrogens is 1. The molecule has 0 spiro atoms. The summed E-state index contributed by atoms with van der Waals surface area (Å²) in [5.74, 6) is 0.876. The van der Waals surface area contributed by atoms with E-state index in [1.165, 1.54) is 19.4 Å². The molecule has 2 heterocycles. The zero-order valence-corrected chi connectivity index (χ0v) is 16.9. The highest BCUT2D eigenvalue weighted by Crippen LogP contribution is 2.19. The monoisotopic (exact) mass is 437 g/mol. The van der Waals surface area contributed by atoms with Crippen molar-refractivity contribution in [2.45, 2.75) is 45.6 Å². The summed E-state index contributed by atoms with van der Waals surface area (Å²) in [6.45, 7) is 10.3. The Morgan fingerprint density at radius 1 is 1.64 bits per heavy atom. The lowest BCUT2D eigenvalue weighted by molar-refractivity contribution is 0.267. The molecule has 2 atom stereocenters. The number of nitrogens with one attached hydrogen (secondary N) is 1. The third-order valence-corrected chi connectivity index (χ3v) is 5.21. The summed E-state index contributed by atoms with van der Waals surface area (Å²) >= 11 is 1.70. The van der Waals surface area contributed by atoms with Crippen LogP contribution in [0.15, 0.2) is 10.4 Å². The van der Waals surface area contributed by atoms with Crippen molar-refractivity contribution < 1.29 is 0 Å². The number of thiazole rings is 1. The van der Waals surface area contributed by atoms with Crippen LogP contribution < -0.4 is 11.1 Å². The Morgan fingerprint density at radius 3 is 3.05 bits per heavy atom. The van der Waals surface area contributed by atoms with E-state index in [9.17, 15) is 0 Å². The van der Waals surface area contributed by atoms with E-state index in [0.29, 0.717) is 24.5 Å². The van der Waals surface area contributed by atoms with Crippen molar-refractivity contribution in [2.75, 3.05) is 26.2 Å². The molecule has 1 saturated heterocycles. The minimum Gasteiger partial charge on any atom is -0.370 e. The molecule has 0 bridgehead atoms. The van der Waals surface area contributed by atoms with Crippen molar-refractivity contribution in [3.8, 4) is 0 Å². The maximum absolute atomic E-state index is 5.97. The summed E-state index contributed by atoms with van der Waals surface area (Å²) in [5, 5.41) is 6.49. The van der Waals surface area contributed by atoms with Crippen LogP contribution in [0.5, 0.6) is 0 Å². The standard InChI is InChI=1S/C15H27N5S.HI/c1-4-20-7-5-6-13(20)9-18-15(16)17-8-11(2)14-19-12(3)10-21-14;/h10-11,13H,4-9H2,1-3H3,(H3,16,17,18);1H. The average Bonchev–Trinajstić information content (AvgIpc) is 3.10. The van der Waals surface area contributed by atoms with Gasteiger partial charge in [-0.1, -0.05) is 13.8 Å². The number of guanidine groups is 1. The van der Waals surface area contributed by atoms with E-state index in [2.05, 4.69) is 39.4 Å². The Kier molecular flexibility index (Phi) is 8.63. The molecule has 0 aliphatic carbocycles. The molecule has 7 heteroatoms. The van der Waals surface area contributed by atoms with Crippen LogP contribution in [0.3, 0.4) is 0 Å². The number of halogens is 1. The maximum atomic E-state index is 5.97. The van der Waals surface area contributed by atoms with Gasteiger partial charge in [-0.15, -0.1) is 35.3 Å². The van der Waals surface area contributed by atoms with Crippen LogP contribution in [0.1, 0.15) is 43.3 Å². The van der Waals surface area contributed by atoms with E-state index in [4.69, 9.17) is 5.73 Å².